The van der Waals surface area contributed by atoms with Gasteiger partial charge in [-0.25, -0.2) is 9.38 Å². The molecule has 0 bridgehead atoms. The number of hydrogen-bond donors (Lipinski definition) is 1. The lowest BCUT2D eigenvalue weighted by molar-refractivity contribution is 0.296. The van der Waals surface area contributed by atoms with E-state index in [2.05, 4.69) is 14.8 Å². The van der Waals surface area contributed by atoms with Gasteiger partial charge in [0.15, 0.2) is 17.5 Å². The highest BCUT2D eigenvalue weighted by atomic mass is 19.1. The highest BCUT2D eigenvalue weighted by Gasteiger charge is 2.19. The van der Waals surface area contributed by atoms with Crippen molar-refractivity contribution in [3.05, 3.63) is 53.8 Å². The summed E-state index contributed by atoms with van der Waals surface area (Å²) in [6, 6.07) is 12.5. The Bertz CT molecular complexity index is 833. The Morgan fingerprint density at radius 3 is 2.54 bits per heavy atom. The number of nitrogens with zero attached hydrogens (tertiary/aromatic N) is 3. The van der Waals surface area contributed by atoms with Gasteiger partial charge in [-0.1, -0.05) is 12.1 Å². The summed E-state index contributed by atoms with van der Waals surface area (Å²) in [5.74, 6) is 1.87. The van der Waals surface area contributed by atoms with Crippen molar-refractivity contribution in [2.24, 2.45) is 10.7 Å². The Kier molecular flexibility index (Phi) is 5.50. The number of guanidine groups is 1. The molecule has 0 saturated carbocycles. The maximum atomic E-state index is 13.1. The Balaban J connectivity index is 1.37. The van der Waals surface area contributed by atoms with E-state index >= 15 is 0 Å². The Morgan fingerprint density at radius 2 is 1.75 bits per heavy atom. The van der Waals surface area contributed by atoms with Gasteiger partial charge in [-0.2, -0.15) is 0 Å². The Hall–Kier alpha value is -2.96. The van der Waals surface area contributed by atoms with Crippen LogP contribution in [-0.4, -0.2) is 50.3 Å². The molecule has 0 amide bonds. The van der Waals surface area contributed by atoms with Gasteiger partial charge in [0.05, 0.1) is 19.8 Å². The molecule has 1 saturated heterocycles. The predicted molar refractivity (Wildman–Crippen MR) is 108 cm³/mol. The number of ether oxygens (including phenoxy) is 2. The molecule has 0 aliphatic carbocycles. The summed E-state index contributed by atoms with van der Waals surface area (Å²) in [7, 11) is 0. The van der Waals surface area contributed by atoms with Gasteiger partial charge in [-0.15, -0.1) is 0 Å². The number of rotatable bonds is 3. The van der Waals surface area contributed by atoms with Crippen LogP contribution in [0.2, 0.25) is 0 Å². The van der Waals surface area contributed by atoms with Crippen LogP contribution < -0.4 is 20.1 Å². The maximum absolute atomic E-state index is 13.1. The first kappa shape index (κ1) is 18.4. The molecule has 2 N–H and O–H groups in total. The van der Waals surface area contributed by atoms with Gasteiger partial charge in [0.25, 0.3) is 0 Å². The summed E-state index contributed by atoms with van der Waals surface area (Å²) in [6.45, 7) is 4.96. The fraction of sp³-hybridized carbons (Fsp3) is 0.381. The molecule has 148 valence electrons. The van der Waals surface area contributed by atoms with E-state index in [9.17, 15) is 4.39 Å². The second-order valence-corrected chi connectivity index (χ2v) is 6.92. The van der Waals surface area contributed by atoms with Gasteiger partial charge in [0.2, 0.25) is 0 Å². The molecule has 0 aromatic heterocycles. The standard InChI is InChI=1S/C21H25FN4O2/c22-17-5-7-18(8-6-17)25-9-11-26(12-10-25)21(23)24-15-16-3-1-4-19-20(16)28-14-2-13-27-19/h1,3-8H,2,9-15H2,(H2,23,24). The first-order valence-corrected chi connectivity index (χ1v) is 9.63. The van der Waals surface area contributed by atoms with Crippen LogP contribution in [0.25, 0.3) is 0 Å². The van der Waals surface area contributed by atoms with Crippen LogP contribution >= 0.6 is 0 Å². The van der Waals surface area contributed by atoms with Crippen molar-refractivity contribution in [3.8, 4) is 11.5 Å². The number of nitrogens with two attached hydrogens (primary N) is 1. The van der Waals surface area contributed by atoms with Crippen molar-refractivity contribution < 1.29 is 13.9 Å². The van der Waals surface area contributed by atoms with Crippen molar-refractivity contribution in [3.63, 3.8) is 0 Å². The van der Waals surface area contributed by atoms with Crippen LogP contribution in [0.3, 0.4) is 0 Å². The molecule has 0 unspecified atom stereocenters. The maximum Gasteiger partial charge on any atom is 0.191 e. The highest BCUT2D eigenvalue weighted by molar-refractivity contribution is 5.78. The first-order chi connectivity index (χ1) is 13.7. The summed E-state index contributed by atoms with van der Waals surface area (Å²) in [5, 5.41) is 0. The van der Waals surface area contributed by atoms with Crippen molar-refractivity contribution in [1.29, 1.82) is 0 Å². The number of benzene rings is 2. The topological polar surface area (TPSA) is 63.3 Å². The summed E-state index contributed by atoms with van der Waals surface area (Å²) < 4.78 is 24.7. The highest BCUT2D eigenvalue weighted by Crippen LogP contribution is 2.33. The second-order valence-electron chi connectivity index (χ2n) is 6.92. The van der Waals surface area contributed by atoms with Gasteiger partial charge in [-0.3, -0.25) is 0 Å². The number of aliphatic imine (C=N–C) groups is 1. The van der Waals surface area contributed by atoms with E-state index in [0.717, 1.165) is 55.3 Å². The zero-order valence-corrected chi connectivity index (χ0v) is 15.8. The molecule has 1 fully saturated rings. The minimum absolute atomic E-state index is 0.216. The van der Waals surface area contributed by atoms with E-state index < -0.39 is 0 Å². The van der Waals surface area contributed by atoms with Crippen molar-refractivity contribution >= 4 is 11.6 Å². The lowest BCUT2D eigenvalue weighted by Crippen LogP contribution is -2.51. The zero-order valence-electron chi connectivity index (χ0n) is 15.8. The SMILES string of the molecule is NC(=NCc1cccc2c1OCCCO2)N1CCN(c2ccc(F)cc2)CC1. The molecule has 0 atom stereocenters. The molecule has 28 heavy (non-hydrogen) atoms. The van der Waals surface area contributed by atoms with Gasteiger partial charge < -0.3 is 25.0 Å². The van der Waals surface area contributed by atoms with Crippen LogP contribution in [0.1, 0.15) is 12.0 Å². The molecule has 2 aromatic rings. The normalized spacial score (nSPS) is 17.4. The monoisotopic (exact) mass is 384 g/mol. The largest absolute Gasteiger partial charge is 0.490 e. The third kappa shape index (κ3) is 4.13. The third-order valence-corrected chi connectivity index (χ3v) is 5.06. The van der Waals surface area contributed by atoms with E-state index in [1.54, 1.807) is 0 Å². The summed E-state index contributed by atoms with van der Waals surface area (Å²) in [6.07, 6.45) is 0.873. The molecule has 2 aromatic carbocycles. The minimum Gasteiger partial charge on any atom is -0.490 e. The molecule has 0 radical (unpaired) electrons. The molecular weight excluding hydrogens is 359 g/mol. The molecule has 2 aliphatic rings. The zero-order chi connectivity index (χ0) is 19.3. The first-order valence-electron chi connectivity index (χ1n) is 9.63. The molecule has 7 heteroatoms. The quantitative estimate of drug-likeness (QED) is 0.651. The fourth-order valence-corrected chi connectivity index (χ4v) is 3.49. The lowest BCUT2D eigenvalue weighted by atomic mass is 10.2. The number of fused-ring (bicyclic) bond motifs is 1. The average molecular weight is 384 g/mol. The van der Waals surface area contributed by atoms with E-state index in [0.29, 0.717) is 25.7 Å². The molecule has 2 heterocycles. The van der Waals surface area contributed by atoms with Crippen molar-refractivity contribution in [2.45, 2.75) is 13.0 Å². The second kappa shape index (κ2) is 8.37. The lowest BCUT2D eigenvalue weighted by Gasteiger charge is -2.36. The fourth-order valence-electron chi connectivity index (χ4n) is 3.49. The predicted octanol–water partition coefficient (Wildman–Crippen LogP) is 2.62. The van der Waals surface area contributed by atoms with Crippen LogP contribution in [0, 0.1) is 5.82 Å². The van der Waals surface area contributed by atoms with Crippen molar-refractivity contribution in [2.75, 3.05) is 44.3 Å². The number of piperazine rings is 1. The van der Waals surface area contributed by atoms with E-state index in [4.69, 9.17) is 15.2 Å². The summed E-state index contributed by atoms with van der Waals surface area (Å²) in [4.78, 5) is 8.89. The van der Waals surface area contributed by atoms with Gasteiger partial charge in [0.1, 0.15) is 5.82 Å². The van der Waals surface area contributed by atoms with Crippen LogP contribution in [0.4, 0.5) is 10.1 Å². The summed E-state index contributed by atoms with van der Waals surface area (Å²) in [5.41, 5.74) is 8.25. The molecular formula is C21H25FN4O2. The smallest absolute Gasteiger partial charge is 0.191 e. The molecule has 2 aliphatic heterocycles. The van der Waals surface area contributed by atoms with Gasteiger partial charge in [0, 0.05) is 43.9 Å². The Morgan fingerprint density at radius 1 is 1.00 bits per heavy atom. The van der Waals surface area contributed by atoms with Gasteiger partial charge in [-0.05, 0) is 30.3 Å². The molecule has 0 spiro atoms. The number of anilines is 1. The van der Waals surface area contributed by atoms with E-state index in [1.165, 1.54) is 12.1 Å². The average Bonchev–Trinajstić information content (AvgIpc) is 2.99. The Labute approximate surface area is 164 Å². The van der Waals surface area contributed by atoms with Crippen LogP contribution in [-0.2, 0) is 6.54 Å². The van der Waals surface area contributed by atoms with Crippen molar-refractivity contribution in [1.82, 2.24) is 4.90 Å². The minimum atomic E-state index is -0.216. The van der Waals surface area contributed by atoms with Crippen LogP contribution in [0.15, 0.2) is 47.5 Å². The molecule has 4 rings (SSSR count). The number of hydrogen-bond acceptors (Lipinski definition) is 4. The third-order valence-electron chi connectivity index (χ3n) is 5.06. The number of halogens is 1. The van der Waals surface area contributed by atoms with E-state index in [1.807, 2.05) is 30.3 Å². The number of para-hydroxylation sites is 1. The van der Waals surface area contributed by atoms with Crippen LogP contribution in [0.5, 0.6) is 11.5 Å². The molecule has 6 nitrogen and oxygen atoms in total. The van der Waals surface area contributed by atoms with E-state index in [-0.39, 0.29) is 5.82 Å². The van der Waals surface area contributed by atoms with Gasteiger partial charge >= 0.3 is 0 Å². The summed E-state index contributed by atoms with van der Waals surface area (Å²) >= 11 is 0.